The van der Waals surface area contributed by atoms with Crippen molar-refractivity contribution in [3.05, 3.63) is 23.7 Å². The van der Waals surface area contributed by atoms with Crippen molar-refractivity contribution in [3.8, 4) is 0 Å². The normalized spacial score (nSPS) is 25.3. The summed E-state index contributed by atoms with van der Waals surface area (Å²) in [6.45, 7) is 1.14. The maximum atomic E-state index is 11.3. The molecule has 5 nitrogen and oxygen atoms in total. The molecule has 2 heterocycles. The number of rotatable bonds is 2. The molecule has 0 amide bonds. The lowest BCUT2D eigenvalue weighted by molar-refractivity contribution is -0.00638. The van der Waals surface area contributed by atoms with E-state index in [1.807, 2.05) is 0 Å². The molecule has 5 heteroatoms. The second-order valence-electron chi connectivity index (χ2n) is 4.15. The van der Waals surface area contributed by atoms with E-state index in [4.69, 9.17) is 9.15 Å². The molecule has 1 aromatic heterocycles. The Bertz CT molecular complexity index is 387. The van der Waals surface area contributed by atoms with Crippen LogP contribution >= 0.6 is 0 Å². The Balaban J connectivity index is 2.20. The number of hydrogen-bond donors (Lipinski definition) is 1. The van der Waals surface area contributed by atoms with Gasteiger partial charge in [-0.3, -0.25) is 0 Å². The van der Waals surface area contributed by atoms with Crippen molar-refractivity contribution in [2.24, 2.45) is 0 Å². The van der Waals surface area contributed by atoms with Crippen molar-refractivity contribution in [2.45, 2.75) is 24.9 Å². The topological polar surface area (TPSA) is 68.9 Å². The SMILES string of the molecule is COC(=O)c1ccc(C2(O)CCCOCC2)o1. The molecule has 0 saturated carbocycles. The molecule has 2 rings (SSSR count). The van der Waals surface area contributed by atoms with Gasteiger partial charge in [-0.25, -0.2) is 4.79 Å². The first-order valence-electron chi connectivity index (χ1n) is 5.64. The average Bonchev–Trinajstić information content (AvgIpc) is 2.73. The zero-order valence-electron chi connectivity index (χ0n) is 9.77. The predicted molar refractivity (Wildman–Crippen MR) is 58.6 cm³/mol. The fraction of sp³-hybridized carbons (Fsp3) is 0.583. The van der Waals surface area contributed by atoms with E-state index in [0.717, 1.165) is 6.42 Å². The number of aliphatic hydroxyl groups is 1. The molecule has 0 aliphatic carbocycles. The van der Waals surface area contributed by atoms with Gasteiger partial charge in [-0.2, -0.15) is 0 Å². The van der Waals surface area contributed by atoms with Crippen LogP contribution in [0.3, 0.4) is 0 Å². The summed E-state index contributed by atoms with van der Waals surface area (Å²) in [7, 11) is 1.29. The first kappa shape index (κ1) is 12.1. The molecule has 1 saturated heterocycles. The highest BCUT2D eigenvalue weighted by molar-refractivity contribution is 5.86. The molecule has 1 aliphatic rings. The highest BCUT2D eigenvalue weighted by Gasteiger charge is 2.34. The molecule has 1 fully saturated rings. The zero-order valence-corrected chi connectivity index (χ0v) is 9.77. The van der Waals surface area contributed by atoms with Gasteiger partial charge in [-0.05, 0) is 25.0 Å². The number of esters is 1. The zero-order chi connectivity index (χ0) is 12.3. The molecule has 1 aliphatic heterocycles. The maximum Gasteiger partial charge on any atom is 0.373 e. The average molecular weight is 240 g/mol. The molecular formula is C12H16O5. The number of ether oxygens (including phenoxy) is 2. The number of hydrogen-bond acceptors (Lipinski definition) is 5. The third kappa shape index (κ3) is 2.50. The fourth-order valence-electron chi connectivity index (χ4n) is 1.98. The van der Waals surface area contributed by atoms with Crippen molar-refractivity contribution in [2.75, 3.05) is 20.3 Å². The summed E-state index contributed by atoms with van der Waals surface area (Å²) in [6, 6.07) is 3.14. The van der Waals surface area contributed by atoms with E-state index in [9.17, 15) is 9.90 Å². The molecule has 1 atom stereocenters. The number of furan rings is 1. The Morgan fingerprint density at radius 3 is 3.00 bits per heavy atom. The van der Waals surface area contributed by atoms with Crippen LogP contribution in [0.15, 0.2) is 16.5 Å². The van der Waals surface area contributed by atoms with Crippen molar-refractivity contribution in [3.63, 3.8) is 0 Å². The fourth-order valence-corrected chi connectivity index (χ4v) is 1.98. The van der Waals surface area contributed by atoms with Crippen LogP contribution in [0.5, 0.6) is 0 Å². The summed E-state index contributed by atoms with van der Waals surface area (Å²) in [5.74, 6) is -0.0192. The quantitative estimate of drug-likeness (QED) is 0.792. The second kappa shape index (κ2) is 4.89. The van der Waals surface area contributed by atoms with Crippen LogP contribution < -0.4 is 0 Å². The van der Waals surface area contributed by atoms with E-state index in [2.05, 4.69) is 4.74 Å². The van der Waals surface area contributed by atoms with Gasteiger partial charge < -0.3 is 19.0 Å². The lowest BCUT2D eigenvalue weighted by Gasteiger charge is -2.23. The molecule has 1 aromatic rings. The third-order valence-electron chi connectivity index (χ3n) is 2.99. The van der Waals surface area contributed by atoms with Crippen molar-refractivity contribution >= 4 is 5.97 Å². The predicted octanol–water partition coefficient (Wildman–Crippen LogP) is 1.45. The molecule has 0 radical (unpaired) electrons. The van der Waals surface area contributed by atoms with Gasteiger partial charge in [0.1, 0.15) is 11.4 Å². The molecule has 1 unspecified atom stereocenters. The van der Waals surface area contributed by atoms with Crippen LogP contribution in [0.2, 0.25) is 0 Å². The molecule has 0 aromatic carbocycles. The molecule has 94 valence electrons. The van der Waals surface area contributed by atoms with Crippen LogP contribution in [-0.2, 0) is 15.1 Å². The number of methoxy groups -OCH3 is 1. The highest BCUT2D eigenvalue weighted by Crippen LogP contribution is 2.33. The Labute approximate surface area is 99.3 Å². The van der Waals surface area contributed by atoms with Gasteiger partial charge in [0.25, 0.3) is 0 Å². The first-order valence-corrected chi connectivity index (χ1v) is 5.64. The van der Waals surface area contributed by atoms with Crippen molar-refractivity contribution < 1.29 is 23.8 Å². The second-order valence-corrected chi connectivity index (χ2v) is 4.15. The van der Waals surface area contributed by atoms with E-state index < -0.39 is 11.6 Å². The van der Waals surface area contributed by atoms with Gasteiger partial charge in [-0.15, -0.1) is 0 Å². The summed E-state index contributed by atoms with van der Waals surface area (Å²) in [4.78, 5) is 11.3. The largest absolute Gasteiger partial charge is 0.463 e. The lowest BCUT2D eigenvalue weighted by atomic mass is 9.92. The Morgan fingerprint density at radius 2 is 2.24 bits per heavy atom. The molecule has 1 N–H and O–H groups in total. The minimum absolute atomic E-state index is 0.112. The van der Waals surface area contributed by atoms with E-state index in [1.165, 1.54) is 13.2 Å². The maximum absolute atomic E-state index is 11.3. The monoisotopic (exact) mass is 240 g/mol. The van der Waals surface area contributed by atoms with Gasteiger partial charge in [0.2, 0.25) is 5.76 Å². The van der Waals surface area contributed by atoms with E-state index in [1.54, 1.807) is 6.07 Å². The van der Waals surface area contributed by atoms with Crippen LogP contribution in [0.1, 0.15) is 35.6 Å². The van der Waals surface area contributed by atoms with Gasteiger partial charge in [0.15, 0.2) is 0 Å². The van der Waals surface area contributed by atoms with Crippen LogP contribution in [0.25, 0.3) is 0 Å². The van der Waals surface area contributed by atoms with Crippen LogP contribution in [0, 0.1) is 0 Å². The minimum atomic E-state index is -1.04. The summed E-state index contributed by atoms with van der Waals surface area (Å²) in [6.07, 6.45) is 1.81. The molecule has 0 bridgehead atoms. The van der Waals surface area contributed by atoms with Gasteiger partial charge >= 0.3 is 5.97 Å². The Kier molecular flexibility index (Phi) is 3.49. The first-order chi connectivity index (χ1) is 8.15. The summed E-state index contributed by atoms with van der Waals surface area (Å²) in [5.41, 5.74) is -1.04. The molecular weight excluding hydrogens is 224 g/mol. The number of carbonyl (C=O) groups excluding carboxylic acids is 1. The van der Waals surface area contributed by atoms with Crippen molar-refractivity contribution in [1.29, 1.82) is 0 Å². The van der Waals surface area contributed by atoms with Gasteiger partial charge in [-0.1, -0.05) is 0 Å². The standard InChI is InChI=1S/C12H16O5/c1-15-11(13)9-3-4-10(17-9)12(14)5-2-7-16-8-6-12/h3-4,14H,2,5-8H2,1H3. The minimum Gasteiger partial charge on any atom is -0.463 e. The smallest absolute Gasteiger partial charge is 0.373 e. The Hall–Kier alpha value is -1.33. The van der Waals surface area contributed by atoms with Crippen LogP contribution in [0.4, 0.5) is 0 Å². The third-order valence-corrected chi connectivity index (χ3v) is 2.99. The van der Waals surface area contributed by atoms with E-state index in [0.29, 0.717) is 31.8 Å². The summed E-state index contributed by atoms with van der Waals surface area (Å²) in [5, 5.41) is 10.5. The lowest BCUT2D eigenvalue weighted by Crippen LogP contribution is -2.25. The van der Waals surface area contributed by atoms with Crippen LogP contribution in [-0.4, -0.2) is 31.4 Å². The summed E-state index contributed by atoms with van der Waals surface area (Å²) < 4.78 is 15.2. The molecule has 0 spiro atoms. The molecule has 17 heavy (non-hydrogen) atoms. The van der Waals surface area contributed by atoms with E-state index >= 15 is 0 Å². The highest BCUT2D eigenvalue weighted by atomic mass is 16.5. The van der Waals surface area contributed by atoms with E-state index in [-0.39, 0.29) is 5.76 Å². The summed E-state index contributed by atoms with van der Waals surface area (Å²) >= 11 is 0. The van der Waals surface area contributed by atoms with Gasteiger partial charge in [0.05, 0.1) is 7.11 Å². The Morgan fingerprint density at radius 1 is 1.41 bits per heavy atom. The van der Waals surface area contributed by atoms with Gasteiger partial charge in [0, 0.05) is 19.6 Å². The number of carbonyl (C=O) groups is 1. The van der Waals surface area contributed by atoms with Crippen molar-refractivity contribution in [1.82, 2.24) is 0 Å².